The number of nitrogens with zero attached hydrogens (tertiary/aromatic N) is 1. The van der Waals surface area contributed by atoms with Crippen molar-refractivity contribution in [1.29, 1.82) is 0 Å². The van der Waals surface area contributed by atoms with Crippen molar-refractivity contribution < 1.29 is 14.3 Å². The molecule has 4 aliphatic carbocycles. The molecule has 33 heavy (non-hydrogen) atoms. The molecule has 1 saturated heterocycles. The number of piperidine rings is 1. The average Bonchev–Trinajstić information content (AvgIpc) is 3.16. The number of Topliss-reactive ketones (excluding diaryl/α,β-unsaturated/α-hetero) is 1. The van der Waals surface area contributed by atoms with Crippen LogP contribution in [0.5, 0.6) is 0 Å². The van der Waals surface area contributed by atoms with E-state index < -0.39 is 0 Å². The zero-order chi connectivity index (χ0) is 23.2. The fourth-order valence-electron chi connectivity index (χ4n) is 8.52. The van der Waals surface area contributed by atoms with Crippen LogP contribution in [0.3, 0.4) is 0 Å². The number of carbonyl (C=O) groups excluding carboxylic acids is 2. The number of ether oxygens (including phenoxy) is 1. The minimum atomic E-state index is -0.00862. The van der Waals surface area contributed by atoms with Gasteiger partial charge in [0.05, 0.1) is 6.42 Å². The summed E-state index contributed by atoms with van der Waals surface area (Å²) in [6.45, 7) is 9.71. The molecular formula is C29H43NO3. The highest BCUT2D eigenvalue weighted by atomic mass is 16.5. The van der Waals surface area contributed by atoms with E-state index in [4.69, 9.17) is 4.74 Å². The molecule has 0 aromatic carbocycles. The molecule has 0 N–H and O–H groups in total. The maximum absolute atomic E-state index is 12.6. The van der Waals surface area contributed by atoms with E-state index in [-0.39, 0.29) is 28.7 Å². The lowest BCUT2D eigenvalue weighted by atomic mass is 9.47. The van der Waals surface area contributed by atoms with Gasteiger partial charge in [0.2, 0.25) is 0 Å². The summed E-state index contributed by atoms with van der Waals surface area (Å²) in [5.41, 5.74) is 2.96. The standard InChI is InChI=1S/C29H43NO3/c1-20(31)24-9-10-25-23-8-7-21-19-22(33-27(32)13-18-30-16-5-4-6-17-30)11-14-28(21,2)26(23)12-15-29(24,25)3/h7,9,22-23,25-26H,4-6,8,10-19H2,1-3H3/t22-,23+,25+,26+,28-,29+/m0/s1. The van der Waals surface area contributed by atoms with Gasteiger partial charge in [-0.15, -0.1) is 0 Å². The number of hydrogen-bond donors (Lipinski definition) is 0. The molecule has 182 valence electrons. The summed E-state index contributed by atoms with van der Waals surface area (Å²) in [4.78, 5) is 27.3. The molecule has 4 heteroatoms. The van der Waals surface area contributed by atoms with Crippen molar-refractivity contribution in [2.75, 3.05) is 19.6 Å². The molecular weight excluding hydrogens is 410 g/mol. The summed E-state index contributed by atoms with van der Waals surface area (Å²) in [6.07, 6.45) is 16.8. The highest BCUT2D eigenvalue weighted by molar-refractivity contribution is 5.95. The van der Waals surface area contributed by atoms with Crippen LogP contribution >= 0.6 is 0 Å². The summed E-state index contributed by atoms with van der Waals surface area (Å²) in [7, 11) is 0. The third-order valence-corrected chi connectivity index (χ3v) is 10.4. The topological polar surface area (TPSA) is 46.6 Å². The first kappa shape index (κ1) is 23.3. The number of rotatable bonds is 5. The Labute approximate surface area is 200 Å². The maximum atomic E-state index is 12.6. The Bertz CT molecular complexity index is 853. The van der Waals surface area contributed by atoms with Crippen molar-refractivity contribution in [3.63, 3.8) is 0 Å². The summed E-state index contributed by atoms with van der Waals surface area (Å²) in [5.74, 6) is 2.25. The zero-order valence-electron chi connectivity index (χ0n) is 21.0. The summed E-state index contributed by atoms with van der Waals surface area (Å²) in [6, 6.07) is 0. The Morgan fingerprint density at radius 1 is 1.00 bits per heavy atom. The first-order valence-corrected chi connectivity index (χ1v) is 13.6. The summed E-state index contributed by atoms with van der Waals surface area (Å²) in [5, 5.41) is 0. The smallest absolute Gasteiger partial charge is 0.307 e. The van der Waals surface area contributed by atoms with E-state index in [2.05, 4.69) is 30.9 Å². The summed E-state index contributed by atoms with van der Waals surface area (Å²) >= 11 is 0. The van der Waals surface area contributed by atoms with E-state index in [0.29, 0.717) is 24.2 Å². The van der Waals surface area contributed by atoms with Gasteiger partial charge in [0.1, 0.15) is 6.10 Å². The molecule has 5 rings (SSSR count). The molecule has 1 aliphatic heterocycles. The van der Waals surface area contributed by atoms with Crippen molar-refractivity contribution in [1.82, 2.24) is 4.90 Å². The Hall–Kier alpha value is -1.42. The first-order valence-electron chi connectivity index (χ1n) is 13.6. The average molecular weight is 454 g/mol. The van der Waals surface area contributed by atoms with E-state index >= 15 is 0 Å². The van der Waals surface area contributed by atoms with Gasteiger partial charge in [-0.05, 0) is 106 Å². The van der Waals surface area contributed by atoms with Crippen LogP contribution in [0.15, 0.2) is 23.3 Å². The highest BCUT2D eigenvalue weighted by Gasteiger charge is 2.57. The lowest BCUT2D eigenvalue weighted by molar-refractivity contribution is -0.151. The van der Waals surface area contributed by atoms with Crippen molar-refractivity contribution in [2.24, 2.45) is 28.6 Å². The number of fused-ring (bicyclic) bond motifs is 5. The van der Waals surface area contributed by atoms with Gasteiger partial charge in [-0.2, -0.15) is 0 Å². The fourth-order valence-corrected chi connectivity index (χ4v) is 8.52. The van der Waals surface area contributed by atoms with Gasteiger partial charge in [-0.25, -0.2) is 0 Å². The number of hydrogen-bond acceptors (Lipinski definition) is 4. The normalized spacial score (nSPS) is 40.7. The van der Waals surface area contributed by atoms with Crippen LogP contribution in [0.2, 0.25) is 0 Å². The van der Waals surface area contributed by atoms with E-state index in [9.17, 15) is 9.59 Å². The molecule has 0 unspecified atom stereocenters. The summed E-state index contributed by atoms with van der Waals surface area (Å²) < 4.78 is 5.99. The van der Waals surface area contributed by atoms with Gasteiger partial charge in [0.15, 0.2) is 5.78 Å². The SMILES string of the molecule is CC(=O)C1=CC[C@@H]2[C@H]3CC=C4C[C@@H](OC(=O)CCN5CCCCC5)CC[C@]4(C)[C@@H]3CC[C@]12C. The van der Waals surface area contributed by atoms with E-state index in [0.717, 1.165) is 63.7 Å². The molecule has 6 atom stereocenters. The quantitative estimate of drug-likeness (QED) is 0.386. The van der Waals surface area contributed by atoms with Crippen LogP contribution in [0.25, 0.3) is 0 Å². The van der Waals surface area contributed by atoms with E-state index in [1.165, 1.54) is 25.7 Å². The Morgan fingerprint density at radius 3 is 2.52 bits per heavy atom. The molecule has 0 bridgehead atoms. The van der Waals surface area contributed by atoms with E-state index in [1.54, 1.807) is 12.5 Å². The first-order chi connectivity index (χ1) is 15.8. The van der Waals surface area contributed by atoms with Gasteiger partial charge in [0.25, 0.3) is 0 Å². The van der Waals surface area contributed by atoms with Gasteiger partial charge < -0.3 is 9.64 Å². The number of esters is 1. The van der Waals surface area contributed by atoms with Gasteiger partial charge in [0, 0.05) is 13.0 Å². The minimum absolute atomic E-state index is 0.00862. The van der Waals surface area contributed by atoms with Crippen LogP contribution in [0.1, 0.15) is 91.4 Å². The molecule has 5 aliphatic rings. The van der Waals surface area contributed by atoms with Crippen molar-refractivity contribution in [2.45, 2.75) is 97.5 Å². The Morgan fingerprint density at radius 2 is 1.76 bits per heavy atom. The lowest BCUT2D eigenvalue weighted by Gasteiger charge is -2.57. The van der Waals surface area contributed by atoms with Crippen LogP contribution in [0.4, 0.5) is 0 Å². The molecule has 3 fully saturated rings. The van der Waals surface area contributed by atoms with Crippen LogP contribution in [-0.4, -0.2) is 42.4 Å². The number of ketones is 1. The predicted molar refractivity (Wildman–Crippen MR) is 131 cm³/mol. The largest absolute Gasteiger partial charge is 0.462 e. The Balaban J connectivity index is 1.21. The number of likely N-dealkylation sites (tertiary alicyclic amines) is 1. The highest BCUT2D eigenvalue weighted by Crippen LogP contribution is 2.65. The van der Waals surface area contributed by atoms with E-state index in [1.807, 2.05) is 0 Å². The number of carbonyl (C=O) groups is 2. The second kappa shape index (κ2) is 8.98. The van der Waals surface area contributed by atoms with Crippen molar-refractivity contribution in [3.05, 3.63) is 23.3 Å². The molecule has 1 heterocycles. The van der Waals surface area contributed by atoms with Crippen LogP contribution < -0.4 is 0 Å². The lowest BCUT2D eigenvalue weighted by Crippen LogP contribution is -2.50. The molecule has 4 nitrogen and oxygen atoms in total. The molecule has 0 radical (unpaired) electrons. The van der Waals surface area contributed by atoms with Gasteiger partial charge in [-0.3, -0.25) is 9.59 Å². The number of allylic oxidation sites excluding steroid dienone is 3. The van der Waals surface area contributed by atoms with Crippen molar-refractivity contribution in [3.8, 4) is 0 Å². The molecule has 0 aromatic heterocycles. The maximum Gasteiger partial charge on any atom is 0.307 e. The van der Waals surface area contributed by atoms with Gasteiger partial charge >= 0.3 is 5.97 Å². The third-order valence-electron chi connectivity index (χ3n) is 10.4. The van der Waals surface area contributed by atoms with Crippen LogP contribution in [0, 0.1) is 28.6 Å². The Kier molecular flexibility index (Phi) is 6.35. The molecule has 0 spiro atoms. The zero-order valence-corrected chi connectivity index (χ0v) is 21.0. The predicted octanol–water partition coefficient (Wildman–Crippen LogP) is 5.86. The monoisotopic (exact) mass is 453 g/mol. The molecule has 0 aromatic rings. The second-order valence-corrected chi connectivity index (χ2v) is 12.1. The fraction of sp³-hybridized carbons (Fsp3) is 0.793. The van der Waals surface area contributed by atoms with Gasteiger partial charge in [-0.1, -0.05) is 38.0 Å². The third kappa shape index (κ3) is 4.15. The second-order valence-electron chi connectivity index (χ2n) is 12.1. The minimum Gasteiger partial charge on any atom is -0.462 e. The van der Waals surface area contributed by atoms with Crippen molar-refractivity contribution >= 4 is 11.8 Å². The van der Waals surface area contributed by atoms with Crippen LogP contribution in [-0.2, 0) is 14.3 Å². The molecule has 2 saturated carbocycles. The molecule has 0 amide bonds.